The molecule has 80 valence electrons. The monoisotopic (exact) mass is 201 g/mol. The van der Waals surface area contributed by atoms with Crippen LogP contribution in [0, 0.1) is 6.92 Å². The molecule has 0 saturated heterocycles. The highest BCUT2D eigenvalue weighted by Gasteiger charge is 2.06. The van der Waals surface area contributed by atoms with Gasteiger partial charge in [-0.2, -0.15) is 0 Å². The third-order valence-corrected chi connectivity index (χ3v) is 3.06. The first-order chi connectivity index (χ1) is 7.33. The Morgan fingerprint density at radius 1 is 1.13 bits per heavy atom. The summed E-state index contributed by atoms with van der Waals surface area (Å²) in [6.45, 7) is 4.43. The number of aromatic amines is 1. The summed E-state index contributed by atoms with van der Waals surface area (Å²) in [4.78, 5) is 3.45. The standard InChI is InChI=1S/C14H19N/c1-3-4-5-8-12-11(2)15-14-10-7-6-9-13(12)14/h6-7,9-10,15H,3-5,8H2,1-2H3. The Bertz CT molecular complexity index is 440. The fourth-order valence-electron chi connectivity index (χ4n) is 2.21. The van der Waals surface area contributed by atoms with E-state index in [1.807, 2.05) is 0 Å². The number of benzene rings is 1. The average molecular weight is 201 g/mol. The summed E-state index contributed by atoms with van der Waals surface area (Å²) in [7, 11) is 0. The number of hydrogen-bond acceptors (Lipinski definition) is 0. The van der Waals surface area contributed by atoms with Gasteiger partial charge in [-0.05, 0) is 31.4 Å². The molecule has 0 aliphatic carbocycles. The molecule has 1 heterocycles. The fourth-order valence-corrected chi connectivity index (χ4v) is 2.21. The van der Waals surface area contributed by atoms with Crippen molar-refractivity contribution in [3.8, 4) is 0 Å². The van der Waals surface area contributed by atoms with E-state index in [1.54, 1.807) is 0 Å². The van der Waals surface area contributed by atoms with Crippen molar-refractivity contribution < 1.29 is 0 Å². The van der Waals surface area contributed by atoms with Crippen molar-refractivity contribution in [1.82, 2.24) is 4.98 Å². The summed E-state index contributed by atoms with van der Waals surface area (Å²) >= 11 is 0. The molecule has 0 atom stereocenters. The Labute approximate surface area is 91.5 Å². The lowest BCUT2D eigenvalue weighted by molar-refractivity contribution is 0.717. The molecule has 1 aromatic heterocycles. The van der Waals surface area contributed by atoms with Crippen molar-refractivity contribution in [2.24, 2.45) is 0 Å². The van der Waals surface area contributed by atoms with Gasteiger partial charge in [-0.1, -0.05) is 38.0 Å². The maximum absolute atomic E-state index is 3.45. The van der Waals surface area contributed by atoms with Crippen molar-refractivity contribution in [3.05, 3.63) is 35.5 Å². The topological polar surface area (TPSA) is 15.8 Å². The molecule has 0 spiro atoms. The third-order valence-electron chi connectivity index (χ3n) is 3.06. The molecule has 0 aliphatic rings. The van der Waals surface area contributed by atoms with Gasteiger partial charge >= 0.3 is 0 Å². The van der Waals surface area contributed by atoms with Crippen molar-refractivity contribution in [1.29, 1.82) is 0 Å². The molecule has 0 unspecified atom stereocenters. The van der Waals surface area contributed by atoms with E-state index in [0.29, 0.717) is 0 Å². The molecule has 0 saturated carbocycles. The molecule has 1 N–H and O–H groups in total. The number of H-pyrrole nitrogens is 1. The maximum Gasteiger partial charge on any atom is 0.0458 e. The van der Waals surface area contributed by atoms with E-state index < -0.39 is 0 Å². The number of aromatic nitrogens is 1. The third kappa shape index (κ3) is 2.06. The van der Waals surface area contributed by atoms with Crippen LogP contribution < -0.4 is 0 Å². The van der Waals surface area contributed by atoms with Crippen LogP contribution in [0.25, 0.3) is 10.9 Å². The van der Waals surface area contributed by atoms with Crippen LogP contribution in [-0.2, 0) is 6.42 Å². The highest BCUT2D eigenvalue weighted by Crippen LogP contribution is 2.23. The number of para-hydroxylation sites is 1. The van der Waals surface area contributed by atoms with Crippen molar-refractivity contribution in [2.45, 2.75) is 39.5 Å². The second kappa shape index (κ2) is 4.52. The molecule has 2 rings (SSSR count). The van der Waals surface area contributed by atoms with Gasteiger partial charge in [0.15, 0.2) is 0 Å². The van der Waals surface area contributed by atoms with Gasteiger partial charge in [-0.25, -0.2) is 0 Å². The van der Waals surface area contributed by atoms with E-state index in [4.69, 9.17) is 0 Å². The highest BCUT2D eigenvalue weighted by atomic mass is 14.7. The van der Waals surface area contributed by atoms with Gasteiger partial charge in [-0.15, -0.1) is 0 Å². The van der Waals surface area contributed by atoms with Gasteiger partial charge in [0.2, 0.25) is 0 Å². The smallest absolute Gasteiger partial charge is 0.0458 e. The van der Waals surface area contributed by atoms with Crippen LogP contribution in [0.2, 0.25) is 0 Å². The predicted octanol–water partition coefficient (Wildman–Crippen LogP) is 4.21. The minimum atomic E-state index is 1.21. The molecule has 0 aliphatic heterocycles. The number of unbranched alkanes of at least 4 members (excludes halogenated alkanes) is 2. The molecule has 2 aromatic rings. The van der Waals surface area contributed by atoms with E-state index in [1.165, 1.54) is 47.8 Å². The molecule has 1 nitrogen and oxygen atoms in total. The molecule has 0 bridgehead atoms. The Morgan fingerprint density at radius 3 is 2.73 bits per heavy atom. The fraction of sp³-hybridized carbons (Fsp3) is 0.429. The molecular weight excluding hydrogens is 182 g/mol. The minimum Gasteiger partial charge on any atom is -0.358 e. The van der Waals surface area contributed by atoms with E-state index in [9.17, 15) is 0 Å². The van der Waals surface area contributed by atoms with Gasteiger partial charge in [0.25, 0.3) is 0 Å². The number of rotatable bonds is 4. The van der Waals surface area contributed by atoms with Crippen molar-refractivity contribution in [3.63, 3.8) is 0 Å². The molecule has 15 heavy (non-hydrogen) atoms. The van der Waals surface area contributed by atoms with Gasteiger partial charge in [-0.3, -0.25) is 0 Å². The number of aryl methyl sites for hydroxylation is 2. The Balaban J connectivity index is 2.28. The van der Waals surface area contributed by atoms with Crippen LogP contribution >= 0.6 is 0 Å². The molecule has 0 radical (unpaired) electrons. The lowest BCUT2D eigenvalue weighted by Gasteiger charge is -2.00. The molecule has 1 aromatic carbocycles. The normalized spacial score (nSPS) is 11.1. The first-order valence-electron chi connectivity index (χ1n) is 5.89. The van der Waals surface area contributed by atoms with Gasteiger partial charge in [0.1, 0.15) is 0 Å². The molecule has 1 heteroatoms. The summed E-state index contributed by atoms with van der Waals surface area (Å²) in [5.41, 5.74) is 4.13. The van der Waals surface area contributed by atoms with Crippen LogP contribution in [0.5, 0.6) is 0 Å². The van der Waals surface area contributed by atoms with E-state index in [0.717, 1.165) is 0 Å². The van der Waals surface area contributed by atoms with Gasteiger partial charge in [0, 0.05) is 16.6 Å². The molecule has 0 fully saturated rings. The first-order valence-corrected chi connectivity index (χ1v) is 5.89. The van der Waals surface area contributed by atoms with Crippen LogP contribution in [0.3, 0.4) is 0 Å². The Hall–Kier alpha value is -1.24. The minimum absolute atomic E-state index is 1.21. The number of fused-ring (bicyclic) bond motifs is 1. The van der Waals surface area contributed by atoms with Crippen molar-refractivity contribution in [2.75, 3.05) is 0 Å². The number of hydrogen-bond donors (Lipinski definition) is 1. The van der Waals surface area contributed by atoms with Crippen LogP contribution in [0.1, 0.15) is 37.4 Å². The van der Waals surface area contributed by atoms with Crippen LogP contribution in [0.4, 0.5) is 0 Å². The summed E-state index contributed by atoms with van der Waals surface area (Å²) in [6, 6.07) is 8.60. The quantitative estimate of drug-likeness (QED) is 0.713. The van der Waals surface area contributed by atoms with Crippen molar-refractivity contribution >= 4 is 10.9 Å². The second-order valence-electron chi connectivity index (χ2n) is 4.23. The van der Waals surface area contributed by atoms with E-state index >= 15 is 0 Å². The second-order valence-corrected chi connectivity index (χ2v) is 4.23. The van der Waals surface area contributed by atoms with Gasteiger partial charge in [0.05, 0.1) is 0 Å². The summed E-state index contributed by atoms with van der Waals surface area (Å²) < 4.78 is 0. The summed E-state index contributed by atoms with van der Waals surface area (Å²) in [5.74, 6) is 0. The Kier molecular flexibility index (Phi) is 3.10. The first kappa shape index (κ1) is 10.3. The zero-order chi connectivity index (χ0) is 10.7. The largest absolute Gasteiger partial charge is 0.358 e. The zero-order valence-corrected chi connectivity index (χ0v) is 9.64. The van der Waals surface area contributed by atoms with E-state index in [-0.39, 0.29) is 0 Å². The van der Waals surface area contributed by atoms with Crippen LogP contribution in [-0.4, -0.2) is 4.98 Å². The summed E-state index contributed by atoms with van der Waals surface area (Å²) in [5, 5.41) is 1.41. The SMILES string of the molecule is CCCCCc1c(C)[nH]c2ccccc12. The highest BCUT2D eigenvalue weighted by molar-refractivity contribution is 5.84. The average Bonchev–Trinajstić information content (AvgIpc) is 2.56. The van der Waals surface area contributed by atoms with Gasteiger partial charge < -0.3 is 4.98 Å². The summed E-state index contributed by atoms with van der Waals surface area (Å²) in [6.07, 6.45) is 5.14. The molecule has 0 amide bonds. The maximum atomic E-state index is 3.45. The van der Waals surface area contributed by atoms with E-state index in [2.05, 4.69) is 43.1 Å². The molecular formula is C14H19N. The van der Waals surface area contributed by atoms with Crippen LogP contribution in [0.15, 0.2) is 24.3 Å². The Morgan fingerprint density at radius 2 is 1.93 bits per heavy atom. The zero-order valence-electron chi connectivity index (χ0n) is 9.64. The lowest BCUT2D eigenvalue weighted by atomic mass is 10.0. The lowest BCUT2D eigenvalue weighted by Crippen LogP contribution is -1.86. The predicted molar refractivity (Wildman–Crippen MR) is 66.3 cm³/mol. The number of nitrogens with one attached hydrogen (secondary N) is 1.